The molecule has 1 aliphatic carbocycles. The molecule has 2 heterocycles. The molecule has 0 amide bonds. The Morgan fingerprint density at radius 2 is 2.00 bits per heavy atom. The number of imidazole rings is 1. The minimum Gasteiger partial charge on any atom is -0.455 e. The molecule has 1 N–H and O–H groups in total. The number of anilines is 1. The van der Waals surface area contributed by atoms with Crippen molar-refractivity contribution in [2.75, 3.05) is 30.8 Å². The van der Waals surface area contributed by atoms with Crippen molar-refractivity contribution in [2.45, 2.75) is 18.8 Å². The molecule has 0 unspecified atom stereocenters. The number of aromatic amines is 1. The Morgan fingerprint density at radius 3 is 2.61 bits per heavy atom. The minimum absolute atomic E-state index is 0.205. The molecule has 33 heavy (non-hydrogen) atoms. The monoisotopic (exact) mass is 469 g/mol. The summed E-state index contributed by atoms with van der Waals surface area (Å²) < 4.78 is 51.7. The van der Waals surface area contributed by atoms with E-state index in [0.29, 0.717) is 28.4 Å². The lowest BCUT2D eigenvalue weighted by Gasteiger charge is -2.25. The van der Waals surface area contributed by atoms with Crippen LogP contribution in [0.4, 0.5) is 10.1 Å². The van der Waals surface area contributed by atoms with Gasteiger partial charge in [0.15, 0.2) is 0 Å². The fourth-order valence-corrected chi connectivity index (χ4v) is 5.09. The number of ether oxygens (including phenoxy) is 1. The lowest BCUT2D eigenvalue weighted by atomic mass is 10.0. The van der Waals surface area contributed by atoms with Gasteiger partial charge in [-0.05, 0) is 54.7 Å². The Hall–Kier alpha value is -3.17. The summed E-state index contributed by atoms with van der Waals surface area (Å²) in [5.41, 5.74) is 3.56. The predicted octanol–water partition coefficient (Wildman–Crippen LogP) is 4.92. The Kier molecular flexibility index (Phi) is 5.46. The molecule has 5 rings (SSSR count). The Balaban J connectivity index is 1.77. The molecule has 1 fully saturated rings. The van der Waals surface area contributed by atoms with Crippen LogP contribution >= 0.6 is 0 Å². The number of rotatable bonds is 8. The number of sulfonamides is 1. The van der Waals surface area contributed by atoms with E-state index in [0.717, 1.165) is 29.4 Å². The summed E-state index contributed by atoms with van der Waals surface area (Å²) in [5, 5.41) is 0.829. The third-order valence-electron chi connectivity index (χ3n) is 5.86. The maximum atomic E-state index is 13.6. The first kappa shape index (κ1) is 21.7. The maximum Gasteiger partial charge on any atom is 0.232 e. The molecule has 0 spiro atoms. The number of hydrogen-bond acceptors (Lipinski definition) is 5. The lowest BCUT2D eigenvalue weighted by Crippen LogP contribution is -2.33. The Morgan fingerprint density at radius 1 is 1.24 bits per heavy atom. The fourth-order valence-electron chi connectivity index (χ4n) is 4.17. The molecular formula is C24H24FN3O4S. The van der Waals surface area contributed by atoms with Crippen molar-refractivity contribution < 1.29 is 22.0 Å². The summed E-state index contributed by atoms with van der Waals surface area (Å²) in [6, 6.07) is 9.88. The number of nitrogens with one attached hydrogen (secondary N) is 1. The predicted molar refractivity (Wildman–Crippen MR) is 125 cm³/mol. The molecule has 7 nitrogen and oxygen atoms in total. The highest BCUT2D eigenvalue weighted by molar-refractivity contribution is 7.92. The Labute approximate surface area is 191 Å². The van der Waals surface area contributed by atoms with Crippen LogP contribution in [0.5, 0.6) is 0 Å². The van der Waals surface area contributed by atoms with Gasteiger partial charge in [0.1, 0.15) is 23.0 Å². The topological polar surface area (TPSA) is 88.4 Å². The van der Waals surface area contributed by atoms with Gasteiger partial charge in [0.25, 0.3) is 0 Å². The standard InChI is InChI=1S/C24H24FN3O4S/c1-31-12-11-28(33(2,29)30)20-14-21-19(13-18(20)15-3-4-15)22(24-26-9-10-27-24)23(32-21)16-5-7-17(25)8-6-16/h5-10,13-15H,3-4,11-12H2,1-2H3,(H,26,27). The Bertz CT molecular complexity index is 1390. The normalized spacial score (nSPS) is 14.2. The maximum absolute atomic E-state index is 13.6. The summed E-state index contributed by atoms with van der Waals surface area (Å²) >= 11 is 0. The van der Waals surface area contributed by atoms with Crippen LogP contribution in [0.25, 0.3) is 33.7 Å². The molecule has 2 aromatic carbocycles. The van der Waals surface area contributed by atoms with Gasteiger partial charge in [-0.15, -0.1) is 0 Å². The van der Waals surface area contributed by atoms with Crippen LogP contribution in [0.15, 0.2) is 53.2 Å². The molecule has 0 saturated heterocycles. The van der Waals surface area contributed by atoms with E-state index < -0.39 is 10.0 Å². The number of halogens is 1. The number of H-pyrrole nitrogens is 1. The smallest absolute Gasteiger partial charge is 0.232 e. The summed E-state index contributed by atoms with van der Waals surface area (Å²) in [5.74, 6) is 1.11. The molecule has 9 heteroatoms. The molecule has 0 radical (unpaired) electrons. The number of furan rings is 1. The summed E-state index contributed by atoms with van der Waals surface area (Å²) in [4.78, 5) is 7.57. The highest BCUT2D eigenvalue weighted by Crippen LogP contribution is 2.49. The fraction of sp³-hybridized carbons (Fsp3) is 0.292. The molecule has 0 atom stereocenters. The quantitative estimate of drug-likeness (QED) is 0.396. The van der Waals surface area contributed by atoms with Gasteiger partial charge in [0.2, 0.25) is 10.0 Å². The number of fused-ring (bicyclic) bond motifs is 1. The first-order valence-electron chi connectivity index (χ1n) is 10.7. The second-order valence-corrected chi connectivity index (χ2v) is 10.2. The first-order chi connectivity index (χ1) is 15.9. The van der Waals surface area contributed by atoms with E-state index in [-0.39, 0.29) is 24.9 Å². The zero-order valence-electron chi connectivity index (χ0n) is 18.3. The molecule has 1 saturated carbocycles. The van der Waals surface area contributed by atoms with Crippen LogP contribution in [-0.2, 0) is 14.8 Å². The molecule has 1 aliphatic rings. The van der Waals surface area contributed by atoms with Crippen molar-refractivity contribution in [2.24, 2.45) is 0 Å². The molecule has 2 aromatic heterocycles. The van der Waals surface area contributed by atoms with E-state index in [9.17, 15) is 12.8 Å². The molecule has 0 bridgehead atoms. The van der Waals surface area contributed by atoms with Crippen LogP contribution in [0.2, 0.25) is 0 Å². The van der Waals surface area contributed by atoms with Crippen molar-refractivity contribution >= 4 is 26.7 Å². The third kappa shape index (κ3) is 4.14. The van der Waals surface area contributed by atoms with Crippen LogP contribution in [0.3, 0.4) is 0 Å². The lowest BCUT2D eigenvalue weighted by molar-refractivity contribution is 0.208. The van der Waals surface area contributed by atoms with E-state index in [2.05, 4.69) is 9.97 Å². The van der Waals surface area contributed by atoms with Crippen LogP contribution in [0, 0.1) is 5.82 Å². The number of hydrogen-bond donors (Lipinski definition) is 1. The average Bonchev–Trinajstić information content (AvgIpc) is 3.35. The summed E-state index contributed by atoms with van der Waals surface area (Å²) in [6.07, 6.45) is 6.59. The SMILES string of the molecule is COCCN(c1cc2oc(-c3ccc(F)cc3)c(-c3ncc[nH]3)c2cc1C1CC1)S(C)(=O)=O. The highest BCUT2D eigenvalue weighted by atomic mass is 32.2. The summed E-state index contributed by atoms with van der Waals surface area (Å²) in [6.45, 7) is 0.475. The van der Waals surface area contributed by atoms with Crippen molar-refractivity contribution in [3.05, 3.63) is 60.2 Å². The molecule has 172 valence electrons. The zero-order valence-corrected chi connectivity index (χ0v) is 19.2. The second kappa shape index (κ2) is 8.31. The van der Waals surface area contributed by atoms with Crippen molar-refractivity contribution in [3.8, 4) is 22.7 Å². The van der Waals surface area contributed by atoms with Crippen LogP contribution in [-0.4, -0.2) is 44.9 Å². The number of methoxy groups -OCH3 is 1. The second-order valence-electron chi connectivity index (χ2n) is 8.26. The van der Waals surface area contributed by atoms with Gasteiger partial charge >= 0.3 is 0 Å². The number of benzene rings is 2. The van der Waals surface area contributed by atoms with Gasteiger partial charge < -0.3 is 14.1 Å². The van der Waals surface area contributed by atoms with Gasteiger partial charge in [-0.25, -0.2) is 17.8 Å². The van der Waals surface area contributed by atoms with Gasteiger partial charge in [-0.3, -0.25) is 4.31 Å². The van der Waals surface area contributed by atoms with Crippen LogP contribution in [0.1, 0.15) is 24.3 Å². The average molecular weight is 470 g/mol. The molecular weight excluding hydrogens is 445 g/mol. The van der Waals surface area contributed by atoms with Crippen molar-refractivity contribution in [1.29, 1.82) is 0 Å². The van der Waals surface area contributed by atoms with Gasteiger partial charge in [-0.1, -0.05) is 0 Å². The third-order valence-corrected chi connectivity index (χ3v) is 7.04. The number of nitrogens with zero attached hydrogens (tertiary/aromatic N) is 2. The zero-order chi connectivity index (χ0) is 23.2. The highest BCUT2D eigenvalue weighted by Gasteiger charge is 2.32. The number of aromatic nitrogens is 2. The first-order valence-corrected chi connectivity index (χ1v) is 12.5. The van der Waals surface area contributed by atoms with E-state index in [1.54, 1.807) is 37.7 Å². The van der Waals surface area contributed by atoms with E-state index >= 15 is 0 Å². The summed E-state index contributed by atoms with van der Waals surface area (Å²) in [7, 11) is -1.99. The molecule has 0 aliphatic heterocycles. The van der Waals surface area contributed by atoms with Gasteiger partial charge in [0, 0.05) is 36.5 Å². The van der Waals surface area contributed by atoms with Gasteiger partial charge in [0.05, 0.1) is 30.7 Å². The molecule has 4 aromatic rings. The van der Waals surface area contributed by atoms with E-state index in [1.807, 2.05) is 6.07 Å². The van der Waals surface area contributed by atoms with Crippen molar-refractivity contribution in [3.63, 3.8) is 0 Å². The van der Waals surface area contributed by atoms with E-state index in [1.165, 1.54) is 22.7 Å². The van der Waals surface area contributed by atoms with Crippen molar-refractivity contribution in [1.82, 2.24) is 9.97 Å². The van der Waals surface area contributed by atoms with Crippen LogP contribution < -0.4 is 4.31 Å². The van der Waals surface area contributed by atoms with Gasteiger partial charge in [-0.2, -0.15) is 0 Å². The largest absolute Gasteiger partial charge is 0.455 e. The van der Waals surface area contributed by atoms with E-state index in [4.69, 9.17) is 9.15 Å². The minimum atomic E-state index is -3.54.